The van der Waals surface area contributed by atoms with Gasteiger partial charge in [-0.15, -0.1) is 10.2 Å². The van der Waals surface area contributed by atoms with Crippen LogP contribution in [0.4, 0.5) is 5.82 Å². The van der Waals surface area contributed by atoms with E-state index in [4.69, 9.17) is 14.2 Å². The van der Waals surface area contributed by atoms with Crippen molar-refractivity contribution in [2.45, 2.75) is 52.0 Å². The van der Waals surface area contributed by atoms with Gasteiger partial charge >= 0.3 is 0 Å². The van der Waals surface area contributed by atoms with Crippen molar-refractivity contribution in [3.63, 3.8) is 0 Å². The molecule has 0 spiro atoms. The summed E-state index contributed by atoms with van der Waals surface area (Å²) >= 11 is 0. The third kappa shape index (κ3) is 7.33. The van der Waals surface area contributed by atoms with Crippen LogP contribution >= 0.6 is 0 Å². The SMILES string of the molecule is CCOc1cncc(-c2cc(OC)c(CN3CCN(c4ccc(C(=O)NS(=O)(=O)CC56CC7CC(CC(C7)C5)C6)nn4)CC3)c(OC)c2)c1. The van der Waals surface area contributed by atoms with Crippen molar-refractivity contribution in [2.75, 3.05) is 57.7 Å². The topological polar surface area (TPSA) is 136 Å². The number of rotatable bonds is 12. The molecule has 1 amide bonds. The number of aromatic nitrogens is 3. The Kier molecular flexibility index (Phi) is 9.40. The summed E-state index contributed by atoms with van der Waals surface area (Å²) in [5, 5.41) is 8.42. The van der Waals surface area contributed by atoms with E-state index in [0.717, 1.165) is 60.5 Å². The average molecular weight is 691 g/mol. The van der Waals surface area contributed by atoms with Gasteiger partial charge in [0.1, 0.15) is 17.2 Å². The lowest BCUT2D eigenvalue weighted by atomic mass is 9.50. The Morgan fingerprint density at radius 2 is 1.55 bits per heavy atom. The summed E-state index contributed by atoms with van der Waals surface area (Å²) in [4.78, 5) is 21.7. The van der Waals surface area contributed by atoms with Crippen molar-refractivity contribution >= 4 is 21.7 Å². The van der Waals surface area contributed by atoms with Crippen LogP contribution in [-0.2, 0) is 16.6 Å². The number of nitrogens with zero attached hydrogens (tertiary/aromatic N) is 5. The Bertz CT molecular complexity index is 1720. The first-order chi connectivity index (χ1) is 23.6. The fourth-order valence-electron chi connectivity index (χ4n) is 9.20. The minimum absolute atomic E-state index is 0.000456. The molecule has 1 aromatic carbocycles. The van der Waals surface area contributed by atoms with Gasteiger partial charge in [0, 0.05) is 44.5 Å². The molecular weight excluding hydrogens is 644 g/mol. The number of hydrogen-bond donors (Lipinski definition) is 1. The summed E-state index contributed by atoms with van der Waals surface area (Å²) in [6.07, 6.45) is 10.1. The number of amides is 1. The fourth-order valence-corrected chi connectivity index (χ4v) is 10.8. The highest BCUT2D eigenvalue weighted by molar-refractivity contribution is 7.90. The lowest BCUT2D eigenvalue weighted by molar-refractivity contribution is -0.0391. The van der Waals surface area contributed by atoms with Crippen LogP contribution in [0.25, 0.3) is 11.1 Å². The van der Waals surface area contributed by atoms with Crippen LogP contribution in [0, 0.1) is 23.2 Å². The van der Waals surface area contributed by atoms with Crippen molar-refractivity contribution in [2.24, 2.45) is 23.2 Å². The van der Waals surface area contributed by atoms with Gasteiger partial charge in [0.25, 0.3) is 5.91 Å². The molecule has 4 bridgehead atoms. The molecule has 4 aliphatic carbocycles. The maximum absolute atomic E-state index is 13.2. The Labute approximate surface area is 288 Å². The maximum Gasteiger partial charge on any atom is 0.285 e. The van der Waals surface area contributed by atoms with E-state index in [2.05, 4.69) is 29.7 Å². The van der Waals surface area contributed by atoms with E-state index < -0.39 is 15.9 Å². The summed E-state index contributed by atoms with van der Waals surface area (Å²) in [5.74, 6) is 4.05. The number of pyridine rings is 1. The summed E-state index contributed by atoms with van der Waals surface area (Å²) in [6.45, 7) is 6.09. The molecular formula is C36H46N6O6S. The van der Waals surface area contributed by atoms with E-state index in [-0.39, 0.29) is 16.9 Å². The number of anilines is 1. The Morgan fingerprint density at radius 3 is 2.12 bits per heavy atom. The second-order valence-corrected chi connectivity index (χ2v) is 16.1. The molecule has 0 atom stereocenters. The van der Waals surface area contributed by atoms with Crippen molar-refractivity contribution < 1.29 is 27.4 Å². The van der Waals surface area contributed by atoms with Gasteiger partial charge in [0.15, 0.2) is 11.5 Å². The van der Waals surface area contributed by atoms with Crippen LogP contribution in [-0.4, -0.2) is 87.2 Å². The fraction of sp³-hybridized carbons (Fsp3) is 0.556. The van der Waals surface area contributed by atoms with Gasteiger partial charge in [-0.05, 0) is 105 Å². The molecule has 262 valence electrons. The highest BCUT2D eigenvalue weighted by Crippen LogP contribution is 2.60. The number of benzene rings is 1. The monoisotopic (exact) mass is 690 g/mol. The van der Waals surface area contributed by atoms with Crippen LogP contribution in [0.15, 0.2) is 42.7 Å². The van der Waals surface area contributed by atoms with E-state index in [1.165, 1.54) is 19.3 Å². The molecule has 1 saturated heterocycles. The van der Waals surface area contributed by atoms with E-state index >= 15 is 0 Å². The first kappa shape index (κ1) is 33.5. The number of carbonyl (C=O) groups excluding carboxylic acids is 1. The second kappa shape index (κ2) is 13.7. The predicted octanol–water partition coefficient (Wildman–Crippen LogP) is 4.55. The normalized spacial score (nSPS) is 24.9. The lowest BCUT2D eigenvalue weighted by Gasteiger charge is -2.56. The molecule has 5 aliphatic rings. The van der Waals surface area contributed by atoms with Crippen LogP contribution < -0.4 is 23.8 Å². The van der Waals surface area contributed by atoms with E-state index in [9.17, 15) is 13.2 Å². The van der Waals surface area contributed by atoms with E-state index in [1.54, 1.807) is 38.7 Å². The second-order valence-electron chi connectivity index (χ2n) is 14.3. The summed E-state index contributed by atoms with van der Waals surface area (Å²) in [7, 11) is -0.468. The molecule has 3 heterocycles. The third-order valence-corrected chi connectivity index (χ3v) is 12.3. The molecule has 2 aromatic heterocycles. The smallest absolute Gasteiger partial charge is 0.285 e. The van der Waals surface area contributed by atoms with Gasteiger partial charge in [-0.1, -0.05) is 0 Å². The highest BCUT2D eigenvalue weighted by Gasteiger charge is 2.52. The number of ether oxygens (including phenoxy) is 3. The number of piperazine rings is 1. The Morgan fingerprint density at radius 1 is 0.898 bits per heavy atom. The summed E-state index contributed by atoms with van der Waals surface area (Å²) in [6, 6.07) is 9.26. The molecule has 1 aliphatic heterocycles. The largest absolute Gasteiger partial charge is 0.496 e. The van der Waals surface area contributed by atoms with E-state index in [0.29, 0.717) is 55.6 Å². The van der Waals surface area contributed by atoms with Crippen molar-refractivity contribution in [3.05, 3.63) is 54.0 Å². The molecule has 0 unspecified atom stereocenters. The van der Waals surface area contributed by atoms with E-state index in [1.807, 2.05) is 25.1 Å². The highest BCUT2D eigenvalue weighted by atomic mass is 32.2. The van der Waals surface area contributed by atoms with Crippen LogP contribution in [0.5, 0.6) is 17.2 Å². The van der Waals surface area contributed by atoms with Crippen LogP contribution in [0.1, 0.15) is 61.5 Å². The van der Waals surface area contributed by atoms with Crippen molar-refractivity contribution in [3.8, 4) is 28.4 Å². The number of hydrogen-bond acceptors (Lipinski definition) is 11. The minimum Gasteiger partial charge on any atom is -0.496 e. The molecule has 8 rings (SSSR count). The van der Waals surface area contributed by atoms with Gasteiger partial charge in [-0.3, -0.25) is 14.7 Å². The number of nitrogens with one attached hydrogen (secondary N) is 1. The molecule has 49 heavy (non-hydrogen) atoms. The Hall–Kier alpha value is -3.97. The molecule has 4 saturated carbocycles. The minimum atomic E-state index is -3.79. The van der Waals surface area contributed by atoms with Gasteiger partial charge in [-0.25, -0.2) is 13.1 Å². The quantitative estimate of drug-likeness (QED) is 0.287. The summed E-state index contributed by atoms with van der Waals surface area (Å²) in [5.41, 5.74) is 2.61. The zero-order valence-corrected chi connectivity index (χ0v) is 29.4. The van der Waals surface area contributed by atoms with Crippen molar-refractivity contribution in [1.29, 1.82) is 0 Å². The predicted molar refractivity (Wildman–Crippen MR) is 185 cm³/mol. The number of methoxy groups -OCH3 is 2. The van der Waals surface area contributed by atoms with Crippen LogP contribution in [0.3, 0.4) is 0 Å². The average Bonchev–Trinajstić information content (AvgIpc) is 3.07. The zero-order chi connectivity index (χ0) is 34.2. The van der Waals surface area contributed by atoms with Crippen LogP contribution in [0.2, 0.25) is 0 Å². The molecule has 5 fully saturated rings. The standard InChI is InChI=1S/C36H46N6O6S/c1-4-48-29-14-28(20-37-21-29)27-15-32(46-2)30(33(16-27)47-3)22-41-7-9-42(10-8-41)34-6-5-31(38-39-34)35(43)40-49(44,45)23-36-17-24-11-25(18-36)13-26(12-24)19-36/h5-6,14-16,20-21,24-26H,4,7-13,17-19,22-23H2,1-3H3,(H,40,43). The third-order valence-electron chi connectivity index (χ3n) is 10.8. The van der Waals surface area contributed by atoms with Gasteiger partial charge in [-0.2, -0.15) is 0 Å². The number of sulfonamides is 1. The maximum atomic E-state index is 13.2. The molecule has 12 nitrogen and oxygen atoms in total. The molecule has 1 N–H and O–H groups in total. The summed E-state index contributed by atoms with van der Waals surface area (Å²) < 4.78 is 45.9. The molecule has 0 radical (unpaired) electrons. The van der Waals surface area contributed by atoms with Gasteiger partial charge in [0.2, 0.25) is 10.0 Å². The Balaban J connectivity index is 0.949. The zero-order valence-electron chi connectivity index (χ0n) is 28.6. The van der Waals surface area contributed by atoms with Crippen molar-refractivity contribution in [1.82, 2.24) is 24.8 Å². The number of carbonyl (C=O) groups is 1. The first-order valence-electron chi connectivity index (χ1n) is 17.3. The lowest BCUT2D eigenvalue weighted by Crippen LogP contribution is -2.51. The first-order valence-corrected chi connectivity index (χ1v) is 19.0. The van der Waals surface area contributed by atoms with Gasteiger partial charge in [0.05, 0.1) is 38.3 Å². The molecule has 13 heteroatoms. The molecule has 3 aromatic rings. The van der Waals surface area contributed by atoms with Gasteiger partial charge < -0.3 is 19.1 Å².